The van der Waals surface area contributed by atoms with Crippen LogP contribution in [0.4, 0.5) is 0 Å². The molecule has 9 heavy (non-hydrogen) atoms. The van der Waals surface area contributed by atoms with E-state index in [4.69, 9.17) is 10.2 Å². The third-order valence-electron chi connectivity index (χ3n) is 0.889. The Kier molecular flexibility index (Phi) is 4.00. The molecule has 54 valence electrons. The molecule has 0 aromatic carbocycles. The largest absolute Gasteiger partial charge is 0.394 e. The lowest BCUT2D eigenvalue weighted by molar-refractivity contribution is -0.118. The number of nitrogens with zero attached hydrogens (tertiary/aromatic N) is 1. The molecule has 0 aliphatic carbocycles. The fourth-order valence-electron chi connectivity index (χ4n) is 0.433. The number of rotatable bonds is 4. The van der Waals surface area contributed by atoms with Gasteiger partial charge in [-0.2, -0.15) is 0 Å². The number of aliphatic hydroxyl groups excluding tert-OH is 2. The van der Waals surface area contributed by atoms with Crippen LogP contribution in [-0.2, 0) is 4.79 Å². The van der Waals surface area contributed by atoms with Crippen molar-refractivity contribution in [3.8, 4) is 0 Å². The van der Waals surface area contributed by atoms with Crippen LogP contribution in [0.1, 0.15) is 0 Å². The van der Waals surface area contributed by atoms with Crippen LogP contribution in [0.5, 0.6) is 0 Å². The molecule has 0 spiro atoms. The van der Waals surface area contributed by atoms with Crippen molar-refractivity contribution in [2.75, 3.05) is 20.2 Å². The Morgan fingerprint density at radius 2 is 2.33 bits per heavy atom. The SMILES string of the molecule is CN(C=O)CC(O)CO. The molecule has 0 saturated heterocycles. The van der Waals surface area contributed by atoms with Crippen LogP contribution < -0.4 is 0 Å². The molecule has 0 radical (unpaired) electrons. The summed E-state index contributed by atoms with van der Waals surface area (Å²) in [4.78, 5) is 11.2. The van der Waals surface area contributed by atoms with Crippen molar-refractivity contribution in [3.63, 3.8) is 0 Å². The summed E-state index contributed by atoms with van der Waals surface area (Å²) >= 11 is 0. The first-order chi connectivity index (χ1) is 4.20. The molecule has 0 heterocycles. The molecular weight excluding hydrogens is 122 g/mol. The van der Waals surface area contributed by atoms with Crippen molar-refractivity contribution in [1.82, 2.24) is 4.90 Å². The van der Waals surface area contributed by atoms with Gasteiger partial charge in [-0.25, -0.2) is 0 Å². The molecule has 0 saturated carbocycles. The Morgan fingerprint density at radius 3 is 2.67 bits per heavy atom. The number of likely N-dealkylation sites (N-methyl/N-ethyl adjacent to an activating group) is 1. The molecule has 0 aromatic rings. The Morgan fingerprint density at radius 1 is 1.78 bits per heavy atom. The second-order valence-electron chi connectivity index (χ2n) is 1.88. The Balaban J connectivity index is 3.33. The highest BCUT2D eigenvalue weighted by Crippen LogP contribution is 1.82. The second-order valence-corrected chi connectivity index (χ2v) is 1.88. The summed E-state index contributed by atoms with van der Waals surface area (Å²) in [7, 11) is 1.53. The van der Waals surface area contributed by atoms with Crippen molar-refractivity contribution in [2.24, 2.45) is 0 Å². The lowest BCUT2D eigenvalue weighted by Crippen LogP contribution is -2.30. The third kappa shape index (κ3) is 3.93. The second kappa shape index (κ2) is 4.29. The van der Waals surface area contributed by atoms with Gasteiger partial charge in [0.15, 0.2) is 0 Å². The molecule has 1 amide bonds. The molecule has 4 heteroatoms. The standard InChI is InChI=1S/C5H11NO3/c1-6(4-8)2-5(9)3-7/h4-5,7,9H,2-3H2,1H3. The fourth-order valence-corrected chi connectivity index (χ4v) is 0.433. The predicted octanol–water partition coefficient (Wildman–Crippen LogP) is -1.57. The zero-order chi connectivity index (χ0) is 7.28. The highest BCUT2D eigenvalue weighted by atomic mass is 16.3. The molecule has 0 rings (SSSR count). The Bertz CT molecular complexity index is 86.3. The van der Waals surface area contributed by atoms with Crippen LogP contribution in [0, 0.1) is 0 Å². The van der Waals surface area contributed by atoms with Crippen LogP contribution in [-0.4, -0.2) is 47.8 Å². The van der Waals surface area contributed by atoms with E-state index >= 15 is 0 Å². The maximum atomic E-state index is 9.89. The van der Waals surface area contributed by atoms with Crippen LogP contribution in [0.25, 0.3) is 0 Å². The monoisotopic (exact) mass is 133 g/mol. The number of carbonyl (C=O) groups is 1. The normalized spacial score (nSPS) is 12.8. The first-order valence-corrected chi connectivity index (χ1v) is 2.65. The van der Waals surface area contributed by atoms with E-state index in [0.29, 0.717) is 6.41 Å². The van der Waals surface area contributed by atoms with E-state index in [2.05, 4.69) is 0 Å². The van der Waals surface area contributed by atoms with Crippen molar-refractivity contribution in [3.05, 3.63) is 0 Å². The number of aliphatic hydroxyl groups is 2. The third-order valence-corrected chi connectivity index (χ3v) is 0.889. The van der Waals surface area contributed by atoms with Gasteiger partial charge in [-0.3, -0.25) is 4.79 Å². The van der Waals surface area contributed by atoms with E-state index in [-0.39, 0.29) is 13.2 Å². The highest BCUT2D eigenvalue weighted by molar-refractivity contribution is 5.46. The van der Waals surface area contributed by atoms with Gasteiger partial charge in [0.25, 0.3) is 0 Å². The Hall–Kier alpha value is -0.610. The van der Waals surface area contributed by atoms with Gasteiger partial charge in [0, 0.05) is 13.6 Å². The van der Waals surface area contributed by atoms with E-state index in [9.17, 15) is 4.79 Å². The van der Waals surface area contributed by atoms with E-state index in [0.717, 1.165) is 0 Å². The van der Waals surface area contributed by atoms with Gasteiger partial charge >= 0.3 is 0 Å². The van der Waals surface area contributed by atoms with Crippen molar-refractivity contribution < 1.29 is 15.0 Å². The molecule has 0 aliphatic heterocycles. The number of hydrogen-bond acceptors (Lipinski definition) is 3. The number of hydrogen-bond donors (Lipinski definition) is 2. The summed E-state index contributed by atoms with van der Waals surface area (Å²) in [6.07, 6.45) is -0.223. The molecule has 0 fully saturated rings. The summed E-state index contributed by atoms with van der Waals surface area (Å²) in [6, 6.07) is 0. The van der Waals surface area contributed by atoms with Crippen LogP contribution in [0.15, 0.2) is 0 Å². The molecule has 4 nitrogen and oxygen atoms in total. The topological polar surface area (TPSA) is 60.8 Å². The zero-order valence-electron chi connectivity index (χ0n) is 5.32. The molecule has 1 atom stereocenters. The summed E-state index contributed by atoms with van der Waals surface area (Å²) < 4.78 is 0. The highest BCUT2D eigenvalue weighted by Gasteiger charge is 2.02. The van der Waals surface area contributed by atoms with E-state index in [1.807, 2.05) is 0 Å². The van der Waals surface area contributed by atoms with E-state index in [1.54, 1.807) is 0 Å². The van der Waals surface area contributed by atoms with Crippen molar-refractivity contribution in [2.45, 2.75) is 6.10 Å². The zero-order valence-corrected chi connectivity index (χ0v) is 5.32. The van der Waals surface area contributed by atoms with Gasteiger partial charge in [0.2, 0.25) is 6.41 Å². The first-order valence-electron chi connectivity index (χ1n) is 2.65. The van der Waals surface area contributed by atoms with Crippen LogP contribution >= 0.6 is 0 Å². The van der Waals surface area contributed by atoms with Gasteiger partial charge in [-0.05, 0) is 0 Å². The van der Waals surface area contributed by atoms with E-state index < -0.39 is 6.10 Å². The average Bonchev–Trinajstić information content (AvgIpc) is 1.87. The van der Waals surface area contributed by atoms with Gasteiger partial charge in [-0.15, -0.1) is 0 Å². The lowest BCUT2D eigenvalue weighted by Gasteiger charge is -2.13. The summed E-state index contributed by atoms with van der Waals surface area (Å²) in [5, 5.41) is 17.0. The summed E-state index contributed by atoms with van der Waals surface area (Å²) in [5.74, 6) is 0. The van der Waals surface area contributed by atoms with Gasteiger partial charge in [0.1, 0.15) is 0 Å². The number of amides is 1. The molecule has 0 aromatic heterocycles. The lowest BCUT2D eigenvalue weighted by atomic mass is 10.4. The van der Waals surface area contributed by atoms with Crippen molar-refractivity contribution >= 4 is 6.41 Å². The minimum absolute atomic E-state index is 0.181. The quantitative estimate of drug-likeness (QED) is 0.455. The van der Waals surface area contributed by atoms with Gasteiger partial charge < -0.3 is 15.1 Å². The minimum atomic E-state index is -0.819. The van der Waals surface area contributed by atoms with Crippen LogP contribution in [0.3, 0.4) is 0 Å². The molecule has 0 bridgehead atoms. The van der Waals surface area contributed by atoms with E-state index in [1.165, 1.54) is 11.9 Å². The number of carbonyl (C=O) groups excluding carboxylic acids is 1. The van der Waals surface area contributed by atoms with Crippen molar-refractivity contribution in [1.29, 1.82) is 0 Å². The average molecular weight is 133 g/mol. The fraction of sp³-hybridized carbons (Fsp3) is 0.800. The van der Waals surface area contributed by atoms with Gasteiger partial charge in [0.05, 0.1) is 12.7 Å². The smallest absolute Gasteiger partial charge is 0.209 e. The molecular formula is C5H11NO3. The molecule has 1 unspecified atom stereocenters. The Labute approximate surface area is 53.7 Å². The first kappa shape index (κ1) is 8.39. The predicted molar refractivity (Wildman–Crippen MR) is 31.8 cm³/mol. The maximum Gasteiger partial charge on any atom is 0.209 e. The van der Waals surface area contributed by atoms with Gasteiger partial charge in [-0.1, -0.05) is 0 Å². The summed E-state index contributed by atoms with van der Waals surface area (Å²) in [6.45, 7) is -0.127. The van der Waals surface area contributed by atoms with Crippen LogP contribution in [0.2, 0.25) is 0 Å². The maximum absolute atomic E-state index is 9.89. The minimum Gasteiger partial charge on any atom is -0.394 e. The molecule has 0 aliphatic rings. The molecule has 2 N–H and O–H groups in total. The summed E-state index contributed by atoms with van der Waals surface area (Å²) in [5.41, 5.74) is 0.